The third-order valence-corrected chi connectivity index (χ3v) is 5.36. The normalized spacial score (nSPS) is 27.4. The molecule has 2 heteroatoms. The summed E-state index contributed by atoms with van der Waals surface area (Å²) in [6.07, 6.45) is 4.74. The summed E-state index contributed by atoms with van der Waals surface area (Å²) < 4.78 is 5.49. The molecule has 0 radical (unpaired) electrons. The van der Waals surface area contributed by atoms with Crippen LogP contribution in [-0.2, 0) is 6.42 Å². The maximum Gasteiger partial charge on any atom is 0.122 e. The van der Waals surface area contributed by atoms with E-state index >= 15 is 0 Å². The number of rotatable bonds is 4. The summed E-state index contributed by atoms with van der Waals surface area (Å²) in [6.45, 7) is 7.03. The molecule has 0 amide bonds. The Bertz CT molecular complexity index is 441. The van der Waals surface area contributed by atoms with Crippen molar-refractivity contribution in [2.75, 3.05) is 7.11 Å². The van der Waals surface area contributed by atoms with Crippen molar-refractivity contribution in [3.8, 4) is 5.75 Å². The van der Waals surface area contributed by atoms with Crippen LogP contribution in [0.3, 0.4) is 0 Å². The zero-order valence-corrected chi connectivity index (χ0v) is 13.9. The van der Waals surface area contributed by atoms with E-state index in [0.29, 0.717) is 11.3 Å². The molecule has 3 unspecified atom stereocenters. The van der Waals surface area contributed by atoms with E-state index in [9.17, 15) is 0 Å². The van der Waals surface area contributed by atoms with Crippen LogP contribution in [-0.4, -0.2) is 12.5 Å². The van der Waals surface area contributed by atoms with Crippen LogP contribution < -0.4 is 4.74 Å². The van der Waals surface area contributed by atoms with Gasteiger partial charge >= 0.3 is 0 Å². The van der Waals surface area contributed by atoms with Gasteiger partial charge in [-0.1, -0.05) is 45.4 Å². The zero-order chi connectivity index (χ0) is 14.8. The summed E-state index contributed by atoms with van der Waals surface area (Å²) in [4.78, 5) is 0. The van der Waals surface area contributed by atoms with Gasteiger partial charge in [0.25, 0.3) is 0 Å². The van der Waals surface area contributed by atoms with Gasteiger partial charge in [0.05, 0.1) is 7.11 Å². The van der Waals surface area contributed by atoms with Crippen LogP contribution in [0, 0.1) is 17.3 Å². The monoisotopic (exact) mass is 294 g/mol. The fourth-order valence-electron chi connectivity index (χ4n) is 3.66. The van der Waals surface area contributed by atoms with Crippen molar-refractivity contribution < 1.29 is 4.74 Å². The van der Waals surface area contributed by atoms with Gasteiger partial charge < -0.3 is 4.74 Å². The highest BCUT2D eigenvalue weighted by Crippen LogP contribution is 2.45. The molecule has 1 aromatic carbocycles. The average Bonchev–Trinajstić information content (AvgIpc) is 2.38. The molecule has 2 rings (SSSR count). The van der Waals surface area contributed by atoms with E-state index in [-0.39, 0.29) is 5.41 Å². The molecule has 1 aliphatic carbocycles. The lowest BCUT2D eigenvalue weighted by Crippen LogP contribution is -2.37. The molecule has 1 aliphatic rings. The lowest BCUT2D eigenvalue weighted by molar-refractivity contribution is 0.141. The highest BCUT2D eigenvalue weighted by molar-refractivity contribution is 6.20. The molecular formula is C18H27ClO. The molecule has 20 heavy (non-hydrogen) atoms. The molecule has 0 bridgehead atoms. The Balaban J connectivity index is 2.14. The average molecular weight is 295 g/mol. The number of ether oxygens (including phenoxy) is 1. The first-order valence-electron chi connectivity index (χ1n) is 7.70. The van der Waals surface area contributed by atoms with Gasteiger partial charge in [-0.05, 0) is 48.1 Å². The van der Waals surface area contributed by atoms with Crippen molar-refractivity contribution in [1.29, 1.82) is 0 Å². The van der Waals surface area contributed by atoms with Crippen molar-refractivity contribution in [2.45, 2.75) is 51.8 Å². The maximum atomic E-state index is 6.67. The number of hydrogen-bond donors (Lipinski definition) is 0. The van der Waals surface area contributed by atoms with Gasteiger partial charge in [0.1, 0.15) is 5.75 Å². The Morgan fingerprint density at radius 1 is 1.25 bits per heavy atom. The van der Waals surface area contributed by atoms with Gasteiger partial charge in [-0.3, -0.25) is 0 Å². The number of methoxy groups -OCH3 is 1. The third kappa shape index (κ3) is 3.49. The second kappa shape index (κ2) is 6.39. The summed E-state index contributed by atoms with van der Waals surface area (Å²) >= 11 is 6.67. The molecule has 0 N–H and O–H groups in total. The number of halogens is 1. The van der Waals surface area contributed by atoms with Gasteiger partial charge in [0, 0.05) is 5.38 Å². The van der Waals surface area contributed by atoms with Crippen LogP contribution in [0.2, 0.25) is 0 Å². The highest BCUT2D eigenvalue weighted by Gasteiger charge is 2.38. The molecule has 1 fully saturated rings. The van der Waals surface area contributed by atoms with Crippen molar-refractivity contribution in [1.82, 2.24) is 0 Å². The third-order valence-electron chi connectivity index (χ3n) is 4.88. The predicted octanol–water partition coefficient (Wildman–Crippen LogP) is 5.31. The first kappa shape index (κ1) is 15.7. The van der Waals surface area contributed by atoms with Crippen LogP contribution in [0.5, 0.6) is 5.75 Å². The first-order chi connectivity index (χ1) is 9.44. The second-order valence-electron chi connectivity index (χ2n) is 7.02. The molecule has 1 aromatic rings. The van der Waals surface area contributed by atoms with Gasteiger partial charge in [-0.15, -0.1) is 11.6 Å². The largest absolute Gasteiger partial charge is 0.496 e. The number of para-hydroxylation sites is 1. The fourth-order valence-corrected chi connectivity index (χ4v) is 4.43. The summed E-state index contributed by atoms with van der Waals surface area (Å²) in [5, 5.41) is 0.309. The SMILES string of the molecule is COc1ccccc1CC(C)(C)C1CCC(C)CC1Cl. The van der Waals surface area contributed by atoms with E-state index < -0.39 is 0 Å². The molecule has 0 saturated heterocycles. The fraction of sp³-hybridized carbons (Fsp3) is 0.667. The lowest BCUT2D eigenvalue weighted by atomic mass is 9.66. The summed E-state index contributed by atoms with van der Waals surface area (Å²) in [7, 11) is 1.75. The van der Waals surface area contributed by atoms with E-state index in [0.717, 1.165) is 24.5 Å². The standard InChI is InChI=1S/C18H27ClO/c1-13-9-10-15(16(19)11-13)18(2,3)12-14-7-5-6-8-17(14)20-4/h5-8,13,15-16H,9-12H2,1-4H3. The van der Waals surface area contributed by atoms with Gasteiger partial charge in [-0.2, -0.15) is 0 Å². The zero-order valence-electron chi connectivity index (χ0n) is 13.2. The topological polar surface area (TPSA) is 9.23 Å². The Morgan fingerprint density at radius 2 is 1.95 bits per heavy atom. The molecule has 1 nitrogen and oxygen atoms in total. The van der Waals surface area contributed by atoms with E-state index in [4.69, 9.17) is 16.3 Å². The minimum atomic E-state index is 0.210. The molecular weight excluding hydrogens is 268 g/mol. The van der Waals surface area contributed by atoms with Crippen molar-refractivity contribution in [2.24, 2.45) is 17.3 Å². The minimum Gasteiger partial charge on any atom is -0.496 e. The van der Waals surface area contributed by atoms with Crippen molar-refractivity contribution >= 4 is 11.6 Å². The quantitative estimate of drug-likeness (QED) is 0.684. The van der Waals surface area contributed by atoms with E-state index in [1.165, 1.54) is 18.4 Å². The Kier molecular flexibility index (Phi) is 5.01. The van der Waals surface area contributed by atoms with Crippen LogP contribution in [0.15, 0.2) is 24.3 Å². The Hall–Kier alpha value is -0.690. The number of benzene rings is 1. The van der Waals surface area contributed by atoms with Gasteiger partial charge in [0.15, 0.2) is 0 Å². The predicted molar refractivity (Wildman–Crippen MR) is 86.6 cm³/mol. The van der Waals surface area contributed by atoms with Crippen LogP contribution in [0.25, 0.3) is 0 Å². The Morgan fingerprint density at radius 3 is 2.60 bits per heavy atom. The molecule has 3 atom stereocenters. The molecule has 0 spiro atoms. The smallest absolute Gasteiger partial charge is 0.122 e. The molecule has 0 heterocycles. The van der Waals surface area contributed by atoms with E-state index in [1.807, 2.05) is 12.1 Å². The minimum absolute atomic E-state index is 0.210. The van der Waals surface area contributed by atoms with Crippen LogP contribution >= 0.6 is 11.6 Å². The van der Waals surface area contributed by atoms with E-state index in [2.05, 4.69) is 32.9 Å². The van der Waals surface area contributed by atoms with E-state index in [1.54, 1.807) is 7.11 Å². The Labute approximate surface area is 128 Å². The first-order valence-corrected chi connectivity index (χ1v) is 8.13. The highest BCUT2D eigenvalue weighted by atomic mass is 35.5. The summed E-state index contributed by atoms with van der Waals surface area (Å²) in [6, 6.07) is 8.35. The summed E-state index contributed by atoms with van der Waals surface area (Å²) in [5.41, 5.74) is 1.50. The lowest BCUT2D eigenvalue weighted by Gasteiger charge is -2.42. The number of hydrogen-bond acceptors (Lipinski definition) is 1. The van der Waals surface area contributed by atoms with Crippen molar-refractivity contribution in [3.63, 3.8) is 0 Å². The summed E-state index contributed by atoms with van der Waals surface area (Å²) in [5.74, 6) is 2.36. The number of alkyl halides is 1. The van der Waals surface area contributed by atoms with Crippen molar-refractivity contribution in [3.05, 3.63) is 29.8 Å². The molecule has 112 valence electrons. The van der Waals surface area contributed by atoms with Crippen LogP contribution in [0.1, 0.15) is 45.6 Å². The molecule has 0 aliphatic heterocycles. The van der Waals surface area contributed by atoms with Gasteiger partial charge in [-0.25, -0.2) is 0 Å². The molecule has 1 saturated carbocycles. The van der Waals surface area contributed by atoms with Gasteiger partial charge in [0.2, 0.25) is 0 Å². The van der Waals surface area contributed by atoms with Crippen LogP contribution in [0.4, 0.5) is 0 Å². The maximum absolute atomic E-state index is 6.67. The molecule has 0 aromatic heterocycles. The second-order valence-corrected chi connectivity index (χ2v) is 7.58.